The van der Waals surface area contributed by atoms with E-state index in [2.05, 4.69) is 73.0 Å². The summed E-state index contributed by atoms with van der Waals surface area (Å²) in [6.45, 7) is 0. The Morgan fingerprint density at radius 2 is 2.40 bits per heavy atom. The minimum Gasteiger partial charge on any atom is -0.240 e. The second-order valence-electron chi connectivity index (χ2n) is 2.12. The summed E-state index contributed by atoms with van der Waals surface area (Å²) in [4.78, 5) is 0. The summed E-state index contributed by atoms with van der Waals surface area (Å²) in [5.74, 6) is 0. The first kappa shape index (κ1) is 8.76. The van der Waals surface area contributed by atoms with Gasteiger partial charge in [-0.05, 0) is 22.6 Å². The first-order valence-corrected chi connectivity index (χ1v) is 5.74. The lowest BCUT2D eigenvalue weighted by Crippen LogP contribution is -2.24. The Hall–Kier alpha value is 0.670. The van der Waals surface area contributed by atoms with Crippen molar-refractivity contribution >= 4 is 45.2 Å². The van der Waals surface area contributed by atoms with Gasteiger partial charge in [-0.3, -0.25) is 0 Å². The molecule has 4 heteroatoms. The molecule has 1 unspecified atom stereocenters. The zero-order valence-electron chi connectivity index (χ0n) is 5.67. The summed E-state index contributed by atoms with van der Waals surface area (Å²) in [6, 6.07) is 0. The van der Waals surface area contributed by atoms with Crippen LogP contribution in [0, 0.1) is 0 Å². The van der Waals surface area contributed by atoms with E-state index in [1.165, 1.54) is 0 Å². The fourth-order valence-electron chi connectivity index (χ4n) is 0.715. The highest BCUT2D eigenvalue weighted by molar-refractivity contribution is 14.1. The molecule has 0 aromatic carbocycles. The van der Waals surface area contributed by atoms with Gasteiger partial charge in [0.1, 0.15) is 12.4 Å². The predicted molar refractivity (Wildman–Crippen MR) is 57.6 cm³/mol. The smallest absolute Gasteiger partial charge is 0.240 e. The van der Waals surface area contributed by atoms with E-state index in [0.29, 0.717) is 4.05 Å². The number of imidazole rings is 1. The van der Waals surface area contributed by atoms with Crippen LogP contribution in [0.2, 0.25) is 0 Å². The molecule has 0 N–H and O–H groups in total. The molecule has 1 heterocycles. The van der Waals surface area contributed by atoms with Gasteiger partial charge in [-0.25, -0.2) is 9.13 Å². The first-order valence-electron chi connectivity index (χ1n) is 2.97. The summed E-state index contributed by atoms with van der Waals surface area (Å²) >= 11 is 4.82. The first-order chi connectivity index (χ1) is 4.74. The van der Waals surface area contributed by atoms with Crippen LogP contribution in [0.5, 0.6) is 0 Å². The molecular weight excluding hydrogens is 354 g/mol. The zero-order valence-corrected chi connectivity index (χ0v) is 9.98. The van der Waals surface area contributed by atoms with Crippen LogP contribution in [-0.4, -0.2) is 8.99 Å². The van der Waals surface area contributed by atoms with Crippen molar-refractivity contribution in [3.05, 3.63) is 18.7 Å². The highest BCUT2D eigenvalue weighted by Gasteiger charge is 2.08. The molecule has 0 amide bonds. The van der Waals surface area contributed by atoms with E-state index in [9.17, 15) is 0 Å². The Kier molecular flexibility index (Phi) is 3.41. The van der Waals surface area contributed by atoms with E-state index >= 15 is 0 Å². The van der Waals surface area contributed by atoms with Gasteiger partial charge in [0, 0.05) is 0 Å². The quantitative estimate of drug-likeness (QED) is 0.430. The molecule has 0 aliphatic rings. The van der Waals surface area contributed by atoms with Crippen molar-refractivity contribution in [3.63, 3.8) is 0 Å². The van der Waals surface area contributed by atoms with Gasteiger partial charge in [0.15, 0.2) is 4.05 Å². The third kappa shape index (κ3) is 2.08. The molecule has 0 bridgehead atoms. The Bertz CT molecular complexity index is 209. The number of hydrogen-bond acceptors (Lipinski definition) is 0. The molecule has 0 aliphatic heterocycles. The summed E-state index contributed by atoms with van der Waals surface area (Å²) in [5, 5.41) is 0. The Morgan fingerprint density at radius 1 is 1.70 bits per heavy atom. The van der Waals surface area contributed by atoms with Gasteiger partial charge in [-0.1, -0.05) is 22.6 Å². The monoisotopic (exact) mass is 363 g/mol. The molecular formula is C6H9I2N2+. The summed E-state index contributed by atoms with van der Waals surface area (Å²) in [5.41, 5.74) is 0. The third-order valence-electron chi connectivity index (χ3n) is 1.24. The Morgan fingerprint density at radius 3 is 2.80 bits per heavy atom. The molecule has 0 radical (unpaired) electrons. The van der Waals surface area contributed by atoms with E-state index in [4.69, 9.17) is 0 Å². The number of alkyl halides is 2. The van der Waals surface area contributed by atoms with Gasteiger partial charge in [0.25, 0.3) is 0 Å². The fraction of sp³-hybridized carbons (Fsp3) is 0.500. The summed E-state index contributed by atoms with van der Waals surface area (Å²) in [7, 11) is 2.03. The molecule has 56 valence electrons. The van der Waals surface area contributed by atoms with E-state index in [1.54, 1.807) is 0 Å². The number of rotatable bonds is 2. The third-order valence-corrected chi connectivity index (χ3v) is 4.84. The number of aryl methyl sites for hydroxylation is 1. The van der Waals surface area contributed by atoms with E-state index in [-0.39, 0.29) is 0 Å². The van der Waals surface area contributed by atoms with Crippen LogP contribution in [0.1, 0.15) is 4.05 Å². The van der Waals surface area contributed by atoms with Crippen LogP contribution >= 0.6 is 45.2 Å². The number of hydrogen-bond donors (Lipinski definition) is 0. The summed E-state index contributed by atoms with van der Waals surface area (Å²) < 4.78 is 5.98. The highest BCUT2D eigenvalue weighted by atomic mass is 127. The zero-order chi connectivity index (χ0) is 7.56. The van der Waals surface area contributed by atoms with Gasteiger partial charge in [0.05, 0.1) is 11.5 Å². The Labute approximate surface area is 87.9 Å². The van der Waals surface area contributed by atoms with Gasteiger partial charge in [-0.2, -0.15) is 0 Å². The van der Waals surface area contributed by atoms with Crippen LogP contribution in [0.15, 0.2) is 18.7 Å². The second-order valence-corrected chi connectivity index (χ2v) is 4.43. The van der Waals surface area contributed by atoms with Crippen molar-refractivity contribution in [2.75, 3.05) is 4.43 Å². The van der Waals surface area contributed by atoms with Crippen molar-refractivity contribution in [1.82, 2.24) is 4.57 Å². The fourth-order valence-corrected chi connectivity index (χ4v) is 1.50. The topological polar surface area (TPSA) is 8.81 Å². The van der Waals surface area contributed by atoms with E-state index in [0.717, 1.165) is 4.43 Å². The van der Waals surface area contributed by atoms with Gasteiger partial charge in [0.2, 0.25) is 6.33 Å². The summed E-state index contributed by atoms with van der Waals surface area (Å²) in [6.07, 6.45) is 6.24. The van der Waals surface area contributed by atoms with Gasteiger partial charge >= 0.3 is 0 Å². The molecule has 1 atom stereocenters. The highest BCUT2D eigenvalue weighted by Crippen LogP contribution is 2.16. The lowest BCUT2D eigenvalue weighted by atomic mass is 10.7. The molecule has 2 nitrogen and oxygen atoms in total. The SMILES string of the molecule is C[n+]1ccn(C(I)CI)c1. The molecule has 10 heavy (non-hydrogen) atoms. The van der Waals surface area contributed by atoms with Crippen LogP contribution in [0.3, 0.4) is 0 Å². The molecule has 0 aliphatic carbocycles. The average Bonchev–Trinajstić information content (AvgIpc) is 2.34. The van der Waals surface area contributed by atoms with Crippen LogP contribution < -0.4 is 4.57 Å². The predicted octanol–water partition coefficient (Wildman–Crippen LogP) is 1.68. The number of aromatic nitrogens is 2. The molecule has 1 rings (SSSR count). The number of halogens is 2. The van der Waals surface area contributed by atoms with Crippen molar-refractivity contribution in [1.29, 1.82) is 0 Å². The molecule has 0 saturated carbocycles. The standard InChI is InChI=1S/C6H9I2N2/c1-9-2-3-10(5-9)6(8)4-7/h2-3,5-6H,4H2,1H3/q+1. The van der Waals surface area contributed by atoms with Crippen LogP contribution in [0.25, 0.3) is 0 Å². The maximum absolute atomic E-state index is 2.43. The lowest BCUT2D eigenvalue weighted by molar-refractivity contribution is -0.671. The van der Waals surface area contributed by atoms with Gasteiger partial charge in [-0.15, -0.1) is 0 Å². The van der Waals surface area contributed by atoms with Crippen molar-refractivity contribution < 1.29 is 4.57 Å². The molecule has 1 aromatic heterocycles. The minimum absolute atomic E-state index is 0.583. The maximum atomic E-state index is 2.43. The largest absolute Gasteiger partial charge is 0.244 e. The van der Waals surface area contributed by atoms with Crippen LogP contribution in [0.4, 0.5) is 0 Å². The van der Waals surface area contributed by atoms with Crippen molar-refractivity contribution in [2.45, 2.75) is 4.05 Å². The van der Waals surface area contributed by atoms with E-state index in [1.807, 2.05) is 7.05 Å². The lowest BCUT2D eigenvalue weighted by Gasteiger charge is -1.98. The number of nitrogens with zero attached hydrogens (tertiary/aromatic N) is 2. The van der Waals surface area contributed by atoms with Crippen LogP contribution in [-0.2, 0) is 7.05 Å². The minimum atomic E-state index is 0.583. The molecule has 0 fully saturated rings. The normalized spacial score (nSPS) is 13.5. The second kappa shape index (κ2) is 3.89. The molecule has 0 spiro atoms. The van der Waals surface area contributed by atoms with Crippen molar-refractivity contribution in [3.8, 4) is 0 Å². The molecule has 1 aromatic rings. The van der Waals surface area contributed by atoms with Gasteiger partial charge < -0.3 is 0 Å². The average molecular weight is 363 g/mol. The van der Waals surface area contributed by atoms with Crippen molar-refractivity contribution in [2.24, 2.45) is 7.05 Å². The Balaban J connectivity index is 2.74. The maximum Gasteiger partial charge on any atom is 0.244 e. The van der Waals surface area contributed by atoms with E-state index < -0.39 is 0 Å². The molecule has 0 saturated heterocycles.